The molecular weight excluding hydrogens is 414 g/mol. The molecular formula is C23H21N3O4S. The number of rotatable bonds is 7. The molecule has 0 saturated carbocycles. The Kier molecular flexibility index (Phi) is 7.29. The number of amides is 1. The lowest BCUT2D eigenvalue weighted by Gasteiger charge is -2.12. The van der Waals surface area contributed by atoms with Gasteiger partial charge in [-0.1, -0.05) is 36.4 Å². The second-order valence-corrected chi connectivity index (χ2v) is 7.18. The van der Waals surface area contributed by atoms with Crippen LogP contribution in [0.3, 0.4) is 0 Å². The molecule has 2 N–H and O–H groups in total. The van der Waals surface area contributed by atoms with E-state index in [4.69, 9.17) is 17.0 Å². The van der Waals surface area contributed by atoms with Gasteiger partial charge >= 0.3 is 0 Å². The van der Waals surface area contributed by atoms with Crippen molar-refractivity contribution in [2.75, 3.05) is 11.9 Å². The summed E-state index contributed by atoms with van der Waals surface area (Å²) in [6.07, 6.45) is 0.792. The Morgan fingerprint density at radius 3 is 2.45 bits per heavy atom. The molecule has 158 valence electrons. The molecule has 0 aliphatic rings. The van der Waals surface area contributed by atoms with Gasteiger partial charge in [-0.25, -0.2) is 0 Å². The number of nitrogens with one attached hydrogen (secondary N) is 2. The zero-order chi connectivity index (χ0) is 22.2. The number of non-ortho nitro benzene ring substituents is 1. The van der Waals surface area contributed by atoms with Crippen LogP contribution in [0.25, 0.3) is 0 Å². The molecule has 0 fully saturated rings. The number of nitro benzene ring substituents is 1. The molecule has 0 aliphatic heterocycles. The minimum atomic E-state index is -0.490. The lowest BCUT2D eigenvalue weighted by atomic mass is 10.2. The number of aryl methyl sites for hydroxylation is 1. The molecule has 0 bridgehead atoms. The second-order valence-electron chi connectivity index (χ2n) is 6.77. The van der Waals surface area contributed by atoms with Crippen molar-refractivity contribution in [2.45, 2.75) is 13.3 Å². The summed E-state index contributed by atoms with van der Waals surface area (Å²) in [6, 6.07) is 21.2. The van der Waals surface area contributed by atoms with Gasteiger partial charge in [0.25, 0.3) is 11.6 Å². The van der Waals surface area contributed by atoms with Gasteiger partial charge in [-0.05, 0) is 54.5 Å². The van der Waals surface area contributed by atoms with E-state index in [1.807, 2.05) is 30.3 Å². The molecule has 7 nitrogen and oxygen atoms in total. The molecule has 0 aromatic heterocycles. The number of hydrogen-bond donors (Lipinski definition) is 2. The van der Waals surface area contributed by atoms with Gasteiger partial charge in [0.1, 0.15) is 5.75 Å². The van der Waals surface area contributed by atoms with Gasteiger partial charge in [0, 0.05) is 29.8 Å². The lowest BCUT2D eigenvalue weighted by Crippen LogP contribution is -2.34. The highest BCUT2D eigenvalue weighted by Crippen LogP contribution is 2.21. The van der Waals surface area contributed by atoms with Crippen molar-refractivity contribution in [2.24, 2.45) is 0 Å². The molecule has 0 spiro atoms. The number of carbonyl (C=O) groups is 1. The summed E-state index contributed by atoms with van der Waals surface area (Å²) in [4.78, 5) is 22.9. The predicted molar refractivity (Wildman–Crippen MR) is 124 cm³/mol. The van der Waals surface area contributed by atoms with Crippen LogP contribution in [0.5, 0.6) is 5.75 Å². The summed E-state index contributed by atoms with van der Waals surface area (Å²) in [5.74, 6) is 0.275. The first-order chi connectivity index (χ1) is 14.9. The van der Waals surface area contributed by atoms with E-state index in [0.29, 0.717) is 23.6 Å². The van der Waals surface area contributed by atoms with Crippen LogP contribution in [0.2, 0.25) is 0 Å². The molecule has 8 heteroatoms. The van der Waals surface area contributed by atoms with Crippen molar-refractivity contribution < 1.29 is 14.5 Å². The van der Waals surface area contributed by atoms with E-state index < -0.39 is 10.8 Å². The summed E-state index contributed by atoms with van der Waals surface area (Å²) in [6.45, 7) is 2.32. The van der Waals surface area contributed by atoms with E-state index >= 15 is 0 Å². The molecule has 3 rings (SSSR count). The molecule has 0 heterocycles. The van der Waals surface area contributed by atoms with Gasteiger partial charge in [-0.15, -0.1) is 0 Å². The quantitative estimate of drug-likeness (QED) is 0.319. The van der Waals surface area contributed by atoms with Gasteiger partial charge in [0.2, 0.25) is 0 Å². The SMILES string of the molecule is Cc1ccc([N+](=O)[O-])cc1NC(=S)NC(=O)c1ccc(OCCc2ccccc2)cc1. The van der Waals surface area contributed by atoms with Crippen molar-refractivity contribution in [3.63, 3.8) is 0 Å². The molecule has 0 unspecified atom stereocenters. The van der Waals surface area contributed by atoms with Crippen LogP contribution in [-0.2, 0) is 6.42 Å². The monoisotopic (exact) mass is 435 g/mol. The van der Waals surface area contributed by atoms with Gasteiger partial charge < -0.3 is 10.1 Å². The highest BCUT2D eigenvalue weighted by Gasteiger charge is 2.12. The number of thiocarbonyl (C=S) groups is 1. The van der Waals surface area contributed by atoms with Crippen LogP contribution in [0.4, 0.5) is 11.4 Å². The third kappa shape index (κ3) is 6.35. The van der Waals surface area contributed by atoms with Crippen LogP contribution in [0.1, 0.15) is 21.5 Å². The average Bonchev–Trinajstić information content (AvgIpc) is 2.76. The Bertz CT molecular complexity index is 1090. The first-order valence-electron chi connectivity index (χ1n) is 9.56. The van der Waals surface area contributed by atoms with E-state index in [2.05, 4.69) is 10.6 Å². The molecule has 0 radical (unpaired) electrons. The first-order valence-corrected chi connectivity index (χ1v) is 9.97. The minimum absolute atomic E-state index is 0.0526. The van der Waals surface area contributed by atoms with Crippen LogP contribution < -0.4 is 15.4 Å². The summed E-state index contributed by atoms with van der Waals surface area (Å²) >= 11 is 5.17. The van der Waals surface area contributed by atoms with E-state index in [0.717, 1.165) is 12.0 Å². The topological polar surface area (TPSA) is 93.5 Å². The fourth-order valence-corrected chi connectivity index (χ4v) is 3.02. The Labute approximate surface area is 185 Å². The van der Waals surface area contributed by atoms with Crippen molar-refractivity contribution in [3.05, 3.63) is 99.6 Å². The molecule has 31 heavy (non-hydrogen) atoms. The van der Waals surface area contributed by atoms with E-state index in [1.54, 1.807) is 37.3 Å². The number of nitro groups is 1. The van der Waals surface area contributed by atoms with Gasteiger partial charge in [-0.2, -0.15) is 0 Å². The van der Waals surface area contributed by atoms with Crippen LogP contribution in [-0.4, -0.2) is 22.5 Å². The molecule has 0 atom stereocenters. The predicted octanol–water partition coefficient (Wildman–Crippen LogP) is 4.65. The van der Waals surface area contributed by atoms with E-state index in [1.165, 1.54) is 17.7 Å². The average molecular weight is 436 g/mol. The number of carbonyl (C=O) groups excluding carboxylic acids is 1. The fraction of sp³-hybridized carbons (Fsp3) is 0.130. The molecule has 0 aliphatic carbocycles. The van der Waals surface area contributed by atoms with Crippen LogP contribution >= 0.6 is 12.2 Å². The Hall–Kier alpha value is -3.78. The van der Waals surface area contributed by atoms with E-state index in [-0.39, 0.29) is 10.8 Å². The maximum Gasteiger partial charge on any atom is 0.271 e. The number of anilines is 1. The summed E-state index contributed by atoms with van der Waals surface area (Å²) in [5, 5.41) is 16.4. The zero-order valence-electron chi connectivity index (χ0n) is 16.8. The number of hydrogen-bond acceptors (Lipinski definition) is 5. The Balaban J connectivity index is 1.52. The third-order valence-electron chi connectivity index (χ3n) is 4.53. The minimum Gasteiger partial charge on any atom is -0.493 e. The van der Waals surface area contributed by atoms with E-state index in [9.17, 15) is 14.9 Å². The van der Waals surface area contributed by atoms with Gasteiger partial charge in [0.15, 0.2) is 5.11 Å². The molecule has 1 amide bonds. The maximum atomic E-state index is 12.4. The van der Waals surface area contributed by atoms with Crippen LogP contribution in [0, 0.1) is 17.0 Å². The van der Waals surface area contributed by atoms with Gasteiger partial charge in [-0.3, -0.25) is 20.2 Å². The largest absolute Gasteiger partial charge is 0.493 e. The van der Waals surface area contributed by atoms with Crippen molar-refractivity contribution in [3.8, 4) is 5.75 Å². The Morgan fingerprint density at radius 2 is 1.77 bits per heavy atom. The first kappa shape index (κ1) is 21.9. The second kappa shape index (κ2) is 10.3. The Morgan fingerprint density at radius 1 is 1.06 bits per heavy atom. The lowest BCUT2D eigenvalue weighted by molar-refractivity contribution is -0.384. The highest BCUT2D eigenvalue weighted by atomic mass is 32.1. The van der Waals surface area contributed by atoms with Crippen molar-refractivity contribution in [1.29, 1.82) is 0 Å². The third-order valence-corrected chi connectivity index (χ3v) is 4.73. The number of nitrogens with zero attached hydrogens (tertiary/aromatic N) is 1. The summed E-state index contributed by atoms with van der Waals surface area (Å²) in [7, 11) is 0. The summed E-state index contributed by atoms with van der Waals surface area (Å²) < 4.78 is 5.72. The maximum absolute atomic E-state index is 12.4. The highest BCUT2D eigenvalue weighted by molar-refractivity contribution is 7.80. The number of ether oxygens (including phenoxy) is 1. The smallest absolute Gasteiger partial charge is 0.271 e. The van der Waals surface area contributed by atoms with Crippen LogP contribution in [0.15, 0.2) is 72.8 Å². The fourth-order valence-electron chi connectivity index (χ4n) is 2.82. The standard InChI is InChI=1S/C23H21N3O4S/c1-16-7-10-19(26(28)29)15-21(16)24-23(31)25-22(27)18-8-11-20(12-9-18)30-14-13-17-5-3-2-4-6-17/h2-12,15H,13-14H2,1H3,(H2,24,25,27,31). The molecule has 0 saturated heterocycles. The zero-order valence-corrected chi connectivity index (χ0v) is 17.6. The van der Waals surface area contributed by atoms with Gasteiger partial charge in [0.05, 0.1) is 11.5 Å². The van der Waals surface area contributed by atoms with Crippen molar-refractivity contribution in [1.82, 2.24) is 5.32 Å². The van der Waals surface area contributed by atoms with Crippen molar-refractivity contribution >= 4 is 34.6 Å². The molecule has 3 aromatic carbocycles. The number of benzene rings is 3. The summed E-state index contributed by atoms with van der Waals surface area (Å²) in [5.41, 5.74) is 2.76. The normalized spacial score (nSPS) is 10.2. The molecule has 3 aromatic rings.